The maximum absolute atomic E-state index is 15.7. The number of aromatic nitrogens is 3. The summed E-state index contributed by atoms with van der Waals surface area (Å²) in [5.41, 5.74) is 3.26. The van der Waals surface area contributed by atoms with Crippen molar-refractivity contribution >= 4 is 28.3 Å². The summed E-state index contributed by atoms with van der Waals surface area (Å²) < 4.78 is 38.2. The monoisotopic (exact) mass is 513 g/mol. The van der Waals surface area contributed by atoms with Crippen LogP contribution in [0.5, 0.6) is 5.75 Å². The maximum Gasteiger partial charge on any atom is 0.332 e. The van der Waals surface area contributed by atoms with Gasteiger partial charge in [-0.25, -0.2) is 10.8 Å². The normalized spacial score (nSPS) is 12.2. The number of ether oxygens (including phenoxy) is 1. The van der Waals surface area contributed by atoms with Gasteiger partial charge in [-0.2, -0.15) is 19.0 Å². The Morgan fingerprint density at radius 3 is 2.53 bits per heavy atom. The molecule has 4 N–H and O–H groups in total. The molecule has 0 aliphatic heterocycles. The fourth-order valence-electron chi connectivity index (χ4n) is 4.02. The number of halogens is 3. The molecule has 11 heteroatoms. The van der Waals surface area contributed by atoms with Gasteiger partial charge in [-0.05, 0) is 49.2 Å². The van der Waals surface area contributed by atoms with Gasteiger partial charge in [0.2, 0.25) is 5.84 Å². The van der Waals surface area contributed by atoms with Crippen molar-refractivity contribution in [2.45, 2.75) is 32.9 Å². The number of benzene rings is 2. The number of methoxy groups -OCH3 is 1. The molecule has 0 unspecified atom stereocenters. The van der Waals surface area contributed by atoms with Crippen molar-refractivity contribution in [1.82, 2.24) is 19.8 Å². The molecule has 0 spiro atoms. The van der Waals surface area contributed by atoms with Gasteiger partial charge < -0.3 is 10.6 Å². The second-order valence-corrected chi connectivity index (χ2v) is 8.73. The van der Waals surface area contributed by atoms with Crippen LogP contribution in [-0.4, -0.2) is 32.7 Å². The standard InChI is InChI=1S/C25H26ClF2N7O/c1-15-10-11-31-23(26)21(15)14-35-22-12-18(6-9-20(22)16(2)33-35)25(27,28)24(32-29)34(30)13-17-4-7-19(36-3)8-5-17/h4-12H,13-14,29-30H2,1-3H3/b32-24-. The lowest BCUT2D eigenvalue weighted by Gasteiger charge is -2.26. The van der Waals surface area contributed by atoms with E-state index >= 15 is 8.78 Å². The Kier molecular flexibility index (Phi) is 7.09. The fourth-order valence-corrected chi connectivity index (χ4v) is 4.28. The zero-order chi connectivity index (χ0) is 26.0. The van der Waals surface area contributed by atoms with E-state index in [1.165, 1.54) is 12.1 Å². The van der Waals surface area contributed by atoms with Crippen molar-refractivity contribution in [3.8, 4) is 5.75 Å². The molecule has 0 radical (unpaired) electrons. The lowest BCUT2D eigenvalue weighted by Crippen LogP contribution is -2.46. The zero-order valence-electron chi connectivity index (χ0n) is 20.0. The van der Waals surface area contributed by atoms with Crippen molar-refractivity contribution in [3.63, 3.8) is 0 Å². The van der Waals surface area contributed by atoms with Gasteiger partial charge in [0.05, 0.1) is 31.4 Å². The Hall–Kier alpha value is -3.76. The molecule has 4 aromatic rings. The first-order valence-corrected chi connectivity index (χ1v) is 11.4. The van der Waals surface area contributed by atoms with Crippen molar-refractivity contribution < 1.29 is 13.5 Å². The summed E-state index contributed by atoms with van der Waals surface area (Å²) in [7, 11) is 1.54. The van der Waals surface area contributed by atoms with Crippen LogP contribution in [-0.2, 0) is 19.0 Å². The highest BCUT2D eigenvalue weighted by Crippen LogP contribution is 2.34. The number of nitrogens with zero attached hydrogens (tertiary/aromatic N) is 5. The minimum Gasteiger partial charge on any atom is -0.497 e. The van der Waals surface area contributed by atoms with Crippen molar-refractivity contribution in [2.75, 3.05) is 7.11 Å². The Labute approximate surface area is 212 Å². The average Bonchev–Trinajstić information content (AvgIpc) is 3.17. The Balaban J connectivity index is 1.67. The van der Waals surface area contributed by atoms with Crippen LogP contribution < -0.4 is 16.4 Å². The predicted molar refractivity (Wildman–Crippen MR) is 136 cm³/mol. The molecular formula is C25H26ClF2N7O. The average molecular weight is 514 g/mol. The molecule has 0 aliphatic rings. The summed E-state index contributed by atoms with van der Waals surface area (Å²) in [6, 6.07) is 13.0. The quantitative estimate of drug-likeness (QED) is 0.124. The van der Waals surface area contributed by atoms with Crippen LogP contribution in [0, 0.1) is 13.8 Å². The molecular weight excluding hydrogens is 488 g/mol. The Morgan fingerprint density at radius 1 is 1.17 bits per heavy atom. The van der Waals surface area contributed by atoms with Crippen LogP contribution in [0.4, 0.5) is 8.78 Å². The minimum absolute atomic E-state index is 0.0340. The number of pyridine rings is 1. The number of amidine groups is 1. The summed E-state index contributed by atoms with van der Waals surface area (Å²) in [5, 5.41) is 9.82. The van der Waals surface area contributed by atoms with Crippen LogP contribution in [0.15, 0.2) is 59.8 Å². The first-order valence-electron chi connectivity index (χ1n) is 11.0. The van der Waals surface area contributed by atoms with E-state index in [9.17, 15) is 0 Å². The van der Waals surface area contributed by atoms with Gasteiger partial charge in [0.1, 0.15) is 10.9 Å². The molecule has 0 saturated heterocycles. The van der Waals surface area contributed by atoms with Crippen molar-refractivity contribution in [1.29, 1.82) is 0 Å². The van der Waals surface area contributed by atoms with Crippen LogP contribution >= 0.6 is 11.6 Å². The molecule has 4 rings (SSSR count). The third-order valence-electron chi connectivity index (χ3n) is 6.03. The molecule has 8 nitrogen and oxygen atoms in total. The van der Waals surface area contributed by atoms with E-state index in [1.807, 2.05) is 19.9 Å². The zero-order valence-corrected chi connectivity index (χ0v) is 20.8. The van der Waals surface area contributed by atoms with Gasteiger partial charge in [-0.1, -0.05) is 35.9 Å². The molecule has 2 aromatic heterocycles. The second-order valence-electron chi connectivity index (χ2n) is 8.38. The van der Waals surface area contributed by atoms with Gasteiger partial charge in [0.25, 0.3) is 0 Å². The van der Waals surface area contributed by atoms with E-state index in [1.54, 1.807) is 48.3 Å². The molecule has 188 valence electrons. The Bertz CT molecular complexity index is 1400. The molecule has 0 fully saturated rings. The van der Waals surface area contributed by atoms with Crippen LogP contribution in [0.25, 0.3) is 10.9 Å². The highest BCUT2D eigenvalue weighted by Gasteiger charge is 2.42. The summed E-state index contributed by atoms with van der Waals surface area (Å²) in [6.07, 6.45) is 1.62. The molecule has 0 atom stereocenters. The topological polar surface area (TPSA) is 108 Å². The number of hydrogen-bond acceptors (Lipinski definition) is 6. The predicted octanol–water partition coefficient (Wildman–Crippen LogP) is 4.50. The third kappa shape index (κ3) is 4.82. The second kappa shape index (κ2) is 10.1. The number of fused-ring (bicyclic) bond motifs is 1. The van der Waals surface area contributed by atoms with Gasteiger partial charge in [-0.15, -0.1) is 0 Å². The first-order chi connectivity index (χ1) is 17.1. The first kappa shape index (κ1) is 25.3. The molecule has 2 heterocycles. The molecule has 0 bridgehead atoms. The number of rotatable bonds is 7. The molecule has 0 amide bonds. The van der Waals surface area contributed by atoms with Crippen LogP contribution in [0.2, 0.25) is 5.15 Å². The summed E-state index contributed by atoms with van der Waals surface area (Å²) >= 11 is 6.29. The van der Waals surface area contributed by atoms with E-state index in [2.05, 4.69) is 15.2 Å². The fraction of sp³-hybridized carbons (Fsp3) is 0.240. The van der Waals surface area contributed by atoms with E-state index in [4.69, 9.17) is 28.0 Å². The molecule has 2 aromatic carbocycles. The highest BCUT2D eigenvalue weighted by molar-refractivity contribution is 6.30. The lowest BCUT2D eigenvalue weighted by molar-refractivity contribution is 0.0584. The minimum atomic E-state index is -3.57. The van der Waals surface area contributed by atoms with Crippen LogP contribution in [0.1, 0.15) is 27.9 Å². The van der Waals surface area contributed by atoms with E-state index < -0.39 is 11.8 Å². The summed E-state index contributed by atoms with van der Waals surface area (Å²) in [4.78, 5) is 4.13. The van der Waals surface area contributed by atoms with E-state index in [0.717, 1.165) is 21.5 Å². The van der Waals surface area contributed by atoms with Crippen molar-refractivity contribution in [2.24, 2.45) is 16.8 Å². The van der Waals surface area contributed by atoms with E-state index in [0.29, 0.717) is 27.7 Å². The summed E-state index contributed by atoms with van der Waals surface area (Å²) in [6.45, 7) is 3.96. The van der Waals surface area contributed by atoms with Gasteiger partial charge in [0.15, 0.2) is 0 Å². The number of hydrogen-bond donors (Lipinski definition) is 2. The third-order valence-corrected chi connectivity index (χ3v) is 6.36. The van der Waals surface area contributed by atoms with Gasteiger partial charge >= 0.3 is 5.92 Å². The maximum atomic E-state index is 15.7. The lowest BCUT2D eigenvalue weighted by atomic mass is 10.0. The SMILES string of the molecule is COc1ccc(CN(N)/C(=N\N)C(F)(F)c2ccc3c(C)nn(Cc4c(C)ccnc4Cl)c3c2)cc1. The summed E-state index contributed by atoms with van der Waals surface area (Å²) in [5.74, 6) is 7.71. The molecule has 36 heavy (non-hydrogen) atoms. The Morgan fingerprint density at radius 2 is 1.89 bits per heavy atom. The van der Waals surface area contributed by atoms with E-state index in [-0.39, 0.29) is 18.7 Å². The molecule has 0 aliphatic carbocycles. The highest BCUT2D eigenvalue weighted by atomic mass is 35.5. The van der Waals surface area contributed by atoms with Gasteiger partial charge in [0, 0.05) is 22.7 Å². The number of nitrogens with two attached hydrogens (primary N) is 2. The number of hydrazine groups is 1. The number of hydrazone groups is 1. The molecule has 0 saturated carbocycles. The van der Waals surface area contributed by atoms with Gasteiger partial charge in [-0.3, -0.25) is 9.69 Å². The smallest absolute Gasteiger partial charge is 0.332 e. The largest absolute Gasteiger partial charge is 0.497 e. The van der Waals surface area contributed by atoms with Crippen LogP contribution in [0.3, 0.4) is 0 Å². The number of alkyl halides is 2. The van der Waals surface area contributed by atoms with Crippen molar-refractivity contribution in [3.05, 3.63) is 87.8 Å². The number of aryl methyl sites for hydroxylation is 2.